The first-order valence-corrected chi connectivity index (χ1v) is 23.5. The number of hydrogen-bond acceptors (Lipinski definition) is 2. The van der Waals surface area contributed by atoms with Crippen LogP contribution in [-0.4, -0.2) is 12.6 Å². The van der Waals surface area contributed by atoms with Gasteiger partial charge in [-0.1, -0.05) is 271 Å². The number of hydrogen-bond donors (Lipinski definition) is 0. The van der Waals surface area contributed by atoms with Crippen molar-refractivity contribution < 1.29 is 9.53 Å². The Morgan fingerprint density at radius 1 is 0.265 bits per heavy atom. The highest BCUT2D eigenvalue weighted by Gasteiger charge is 2.03. The molecule has 0 spiro atoms. The van der Waals surface area contributed by atoms with Gasteiger partial charge in [0.1, 0.15) is 0 Å². The molecule has 0 fully saturated rings. The van der Waals surface area contributed by atoms with Crippen LogP contribution in [0.25, 0.3) is 0 Å². The van der Waals surface area contributed by atoms with Crippen LogP contribution in [0, 0.1) is 0 Å². The van der Waals surface area contributed by atoms with Gasteiger partial charge < -0.3 is 4.74 Å². The molecular formula is C47H94O2. The maximum atomic E-state index is 12.0. The van der Waals surface area contributed by atoms with Crippen molar-refractivity contribution in [3.05, 3.63) is 0 Å². The van der Waals surface area contributed by atoms with Crippen molar-refractivity contribution in [3.63, 3.8) is 0 Å². The van der Waals surface area contributed by atoms with Gasteiger partial charge >= 0.3 is 5.97 Å². The lowest BCUT2D eigenvalue weighted by molar-refractivity contribution is -0.143. The molecule has 0 atom stereocenters. The normalized spacial score (nSPS) is 11.5. The third-order valence-corrected chi connectivity index (χ3v) is 11.0. The second kappa shape index (κ2) is 45.5. The molecule has 0 aliphatic heterocycles. The van der Waals surface area contributed by atoms with E-state index < -0.39 is 0 Å². The fourth-order valence-corrected chi connectivity index (χ4v) is 7.49. The Kier molecular flexibility index (Phi) is 45.0. The van der Waals surface area contributed by atoms with Crippen molar-refractivity contribution in [1.29, 1.82) is 0 Å². The summed E-state index contributed by atoms with van der Waals surface area (Å²) in [5, 5.41) is 0. The van der Waals surface area contributed by atoms with Crippen molar-refractivity contribution in [2.45, 2.75) is 290 Å². The summed E-state index contributed by atoms with van der Waals surface area (Å²) in [6, 6.07) is 0. The minimum Gasteiger partial charge on any atom is -0.466 e. The SMILES string of the molecule is CCCCCCCCCCCCCCCCCCCCCCCCCOC(=O)CCCCCCCCCCCCCCCCCCCCC. The van der Waals surface area contributed by atoms with E-state index in [9.17, 15) is 4.79 Å². The highest BCUT2D eigenvalue weighted by Crippen LogP contribution is 2.17. The minimum atomic E-state index is 0.0331. The first-order valence-electron chi connectivity index (χ1n) is 23.5. The molecule has 294 valence electrons. The van der Waals surface area contributed by atoms with Gasteiger partial charge in [0.15, 0.2) is 0 Å². The van der Waals surface area contributed by atoms with Crippen LogP contribution < -0.4 is 0 Å². The second-order valence-corrected chi connectivity index (χ2v) is 16.1. The van der Waals surface area contributed by atoms with E-state index in [1.54, 1.807) is 0 Å². The van der Waals surface area contributed by atoms with Crippen molar-refractivity contribution in [3.8, 4) is 0 Å². The molecule has 0 amide bonds. The van der Waals surface area contributed by atoms with Gasteiger partial charge in [-0.15, -0.1) is 0 Å². The van der Waals surface area contributed by atoms with Gasteiger partial charge in [-0.25, -0.2) is 0 Å². The third kappa shape index (κ3) is 45.4. The molecule has 0 aliphatic carbocycles. The van der Waals surface area contributed by atoms with Crippen LogP contribution in [0.2, 0.25) is 0 Å². The summed E-state index contributed by atoms with van der Waals surface area (Å²) in [7, 11) is 0. The fourth-order valence-electron chi connectivity index (χ4n) is 7.49. The monoisotopic (exact) mass is 691 g/mol. The Hall–Kier alpha value is -0.530. The molecule has 0 bridgehead atoms. The minimum absolute atomic E-state index is 0.0331. The van der Waals surface area contributed by atoms with Gasteiger partial charge in [-0.2, -0.15) is 0 Å². The summed E-state index contributed by atoms with van der Waals surface area (Å²) in [6.07, 6.45) is 59.4. The van der Waals surface area contributed by atoms with Crippen molar-refractivity contribution >= 4 is 5.97 Å². The van der Waals surface area contributed by atoms with Crippen LogP contribution in [0.5, 0.6) is 0 Å². The molecule has 0 aromatic carbocycles. The van der Waals surface area contributed by atoms with Crippen LogP contribution in [-0.2, 0) is 9.53 Å². The molecular weight excluding hydrogens is 597 g/mol. The molecule has 2 nitrogen and oxygen atoms in total. The molecule has 0 heterocycles. The highest BCUT2D eigenvalue weighted by molar-refractivity contribution is 5.69. The number of carbonyl (C=O) groups excluding carboxylic acids is 1. The van der Waals surface area contributed by atoms with Crippen molar-refractivity contribution in [2.24, 2.45) is 0 Å². The first kappa shape index (κ1) is 48.5. The largest absolute Gasteiger partial charge is 0.466 e. The Morgan fingerprint density at radius 3 is 0.673 bits per heavy atom. The van der Waals surface area contributed by atoms with Crippen molar-refractivity contribution in [1.82, 2.24) is 0 Å². The van der Waals surface area contributed by atoms with Crippen LogP contribution >= 0.6 is 0 Å². The standard InChI is InChI=1S/C47H94O2/c1-3-5-7-9-11-13-15-17-19-21-23-24-25-26-28-30-32-34-36-38-40-42-44-46-49-47(48)45-43-41-39-37-35-33-31-29-27-22-20-18-16-14-12-10-8-6-4-2/h3-46H2,1-2H3. The molecule has 2 heteroatoms. The molecule has 0 aromatic rings. The predicted octanol–water partition coefficient (Wildman–Crippen LogP) is 17.3. The third-order valence-electron chi connectivity index (χ3n) is 11.0. The van der Waals surface area contributed by atoms with E-state index >= 15 is 0 Å². The number of carbonyl (C=O) groups is 1. The number of unbranched alkanes of at least 4 members (excludes halogenated alkanes) is 40. The Balaban J connectivity index is 3.14. The lowest BCUT2D eigenvalue weighted by Crippen LogP contribution is -2.05. The van der Waals surface area contributed by atoms with Crippen LogP contribution in [0.1, 0.15) is 290 Å². The summed E-state index contributed by atoms with van der Waals surface area (Å²) in [5.41, 5.74) is 0. The lowest BCUT2D eigenvalue weighted by atomic mass is 10.0. The number of esters is 1. The van der Waals surface area contributed by atoms with Crippen LogP contribution in [0.3, 0.4) is 0 Å². The average Bonchev–Trinajstić information content (AvgIpc) is 3.11. The van der Waals surface area contributed by atoms with Gasteiger partial charge in [0.2, 0.25) is 0 Å². The van der Waals surface area contributed by atoms with E-state index in [1.807, 2.05) is 0 Å². The fraction of sp³-hybridized carbons (Fsp3) is 0.979. The highest BCUT2D eigenvalue weighted by atomic mass is 16.5. The summed E-state index contributed by atoms with van der Waals surface area (Å²) in [4.78, 5) is 12.0. The van der Waals surface area contributed by atoms with E-state index in [0.29, 0.717) is 13.0 Å². The summed E-state index contributed by atoms with van der Waals surface area (Å²) in [6.45, 7) is 5.24. The molecule has 0 saturated heterocycles. The smallest absolute Gasteiger partial charge is 0.305 e. The molecule has 0 aromatic heterocycles. The molecule has 0 unspecified atom stereocenters. The van der Waals surface area contributed by atoms with E-state index in [0.717, 1.165) is 12.8 Å². The van der Waals surface area contributed by atoms with E-state index in [2.05, 4.69) is 13.8 Å². The molecule has 0 aliphatic rings. The predicted molar refractivity (Wildman–Crippen MR) is 221 cm³/mol. The molecule has 0 radical (unpaired) electrons. The average molecular weight is 691 g/mol. The van der Waals surface area contributed by atoms with E-state index in [1.165, 1.54) is 257 Å². The van der Waals surface area contributed by atoms with Crippen LogP contribution in [0.15, 0.2) is 0 Å². The van der Waals surface area contributed by atoms with E-state index in [4.69, 9.17) is 4.74 Å². The Morgan fingerprint density at radius 2 is 0.449 bits per heavy atom. The Bertz CT molecular complexity index is 587. The van der Waals surface area contributed by atoms with Gasteiger partial charge in [-0.05, 0) is 12.8 Å². The lowest BCUT2D eigenvalue weighted by Gasteiger charge is -2.06. The zero-order valence-electron chi connectivity index (χ0n) is 34.4. The van der Waals surface area contributed by atoms with Crippen LogP contribution in [0.4, 0.5) is 0 Å². The van der Waals surface area contributed by atoms with Gasteiger partial charge in [-0.3, -0.25) is 4.79 Å². The number of ether oxygens (including phenoxy) is 1. The quantitative estimate of drug-likeness (QED) is 0.0470. The summed E-state index contributed by atoms with van der Waals surface area (Å²) < 4.78 is 5.49. The molecule has 0 saturated carbocycles. The Labute approximate surface area is 311 Å². The topological polar surface area (TPSA) is 26.3 Å². The van der Waals surface area contributed by atoms with Gasteiger partial charge in [0.25, 0.3) is 0 Å². The second-order valence-electron chi connectivity index (χ2n) is 16.1. The maximum absolute atomic E-state index is 12.0. The molecule has 49 heavy (non-hydrogen) atoms. The van der Waals surface area contributed by atoms with Gasteiger partial charge in [0.05, 0.1) is 6.61 Å². The summed E-state index contributed by atoms with van der Waals surface area (Å²) >= 11 is 0. The zero-order chi connectivity index (χ0) is 35.4. The van der Waals surface area contributed by atoms with Gasteiger partial charge in [0, 0.05) is 6.42 Å². The van der Waals surface area contributed by atoms with E-state index in [-0.39, 0.29) is 5.97 Å². The maximum Gasteiger partial charge on any atom is 0.305 e. The first-order chi connectivity index (χ1) is 24.3. The zero-order valence-corrected chi connectivity index (χ0v) is 34.4. The van der Waals surface area contributed by atoms with Crippen molar-refractivity contribution in [2.75, 3.05) is 6.61 Å². The number of rotatable bonds is 44. The molecule has 0 rings (SSSR count). The summed E-state index contributed by atoms with van der Waals surface area (Å²) in [5.74, 6) is 0.0331. The molecule has 0 N–H and O–H groups in total.